The summed E-state index contributed by atoms with van der Waals surface area (Å²) < 4.78 is 27.5. The third-order valence-electron chi connectivity index (χ3n) is 3.73. The number of aryl methyl sites for hydroxylation is 1. The van der Waals surface area contributed by atoms with Crippen molar-refractivity contribution in [1.82, 2.24) is 10.2 Å². The average molecular weight is 293 g/mol. The van der Waals surface area contributed by atoms with E-state index in [1.54, 1.807) is 0 Å². The Morgan fingerprint density at radius 2 is 2.10 bits per heavy atom. The SMILES string of the molecule is Cc1ccc(F)c(C(=O)NC2CCN(CC#N)CC2)c1F. The maximum Gasteiger partial charge on any atom is 0.257 e. The van der Waals surface area contributed by atoms with Crippen LogP contribution in [0.2, 0.25) is 0 Å². The number of rotatable bonds is 3. The number of hydrogen-bond acceptors (Lipinski definition) is 3. The number of nitrogens with zero attached hydrogens (tertiary/aromatic N) is 2. The molecule has 1 aliphatic heterocycles. The van der Waals surface area contributed by atoms with Crippen molar-refractivity contribution in [2.24, 2.45) is 0 Å². The molecule has 0 unspecified atom stereocenters. The molecule has 112 valence electrons. The molecule has 0 saturated carbocycles. The Morgan fingerprint density at radius 3 is 2.71 bits per heavy atom. The number of nitriles is 1. The van der Waals surface area contributed by atoms with Gasteiger partial charge in [0.15, 0.2) is 0 Å². The van der Waals surface area contributed by atoms with Crippen molar-refractivity contribution in [3.05, 3.63) is 34.9 Å². The first-order valence-electron chi connectivity index (χ1n) is 6.87. The number of nitrogens with one attached hydrogen (secondary N) is 1. The molecule has 1 saturated heterocycles. The Balaban J connectivity index is 2.00. The zero-order chi connectivity index (χ0) is 15.4. The fourth-order valence-electron chi connectivity index (χ4n) is 2.46. The lowest BCUT2D eigenvalue weighted by atomic mass is 10.0. The monoisotopic (exact) mass is 293 g/mol. The summed E-state index contributed by atoms with van der Waals surface area (Å²) in [4.78, 5) is 14.0. The molecule has 0 spiro atoms. The molecule has 4 nitrogen and oxygen atoms in total. The molecular formula is C15H17F2N3O. The van der Waals surface area contributed by atoms with Crippen LogP contribution in [0, 0.1) is 29.9 Å². The van der Waals surface area contributed by atoms with Gasteiger partial charge in [0, 0.05) is 19.1 Å². The normalized spacial score (nSPS) is 16.5. The third kappa shape index (κ3) is 3.56. The predicted molar refractivity (Wildman–Crippen MR) is 73.6 cm³/mol. The number of amides is 1. The average Bonchev–Trinajstić information content (AvgIpc) is 2.46. The summed E-state index contributed by atoms with van der Waals surface area (Å²) in [6.07, 6.45) is 1.34. The highest BCUT2D eigenvalue weighted by Crippen LogP contribution is 2.17. The minimum absolute atomic E-state index is 0.119. The lowest BCUT2D eigenvalue weighted by molar-refractivity contribution is 0.0905. The predicted octanol–water partition coefficient (Wildman–Crippen LogP) is 1.99. The summed E-state index contributed by atoms with van der Waals surface area (Å²) in [6, 6.07) is 4.37. The van der Waals surface area contributed by atoms with E-state index in [9.17, 15) is 13.6 Å². The molecule has 1 aromatic rings. The molecule has 21 heavy (non-hydrogen) atoms. The second kappa shape index (κ2) is 6.64. The highest BCUT2D eigenvalue weighted by molar-refractivity contribution is 5.95. The standard InChI is InChI=1S/C15H17F2N3O/c1-10-2-3-12(16)13(14(10)17)15(21)19-11-4-7-20(8-5-11)9-6-18/h2-3,11H,4-5,7-9H2,1H3,(H,19,21). The maximum absolute atomic E-state index is 13.9. The molecule has 1 N–H and O–H groups in total. The van der Waals surface area contributed by atoms with E-state index in [-0.39, 0.29) is 11.6 Å². The lowest BCUT2D eigenvalue weighted by Crippen LogP contribution is -2.45. The van der Waals surface area contributed by atoms with Gasteiger partial charge in [-0.05, 0) is 31.4 Å². The summed E-state index contributed by atoms with van der Waals surface area (Å²) in [5.74, 6) is -2.38. The van der Waals surface area contributed by atoms with E-state index in [1.807, 2.05) is 4.90 Å². The van der Waals surface area contributed by atoms with Gasteiger partial charge in [-0.1, -0.05) is 6.07 Å². The van der Waals surface area contributed by atoms with Crippen LogP contribution in [0.4, 0.5) is 8.78 Å². The van der Waals surface area contributed by atoms with Crippen molar-refractivity contribution in [3.8, 4) is 6.07 Å². The molecule has 0 atom stereocenters. The molecule has 1 aliphatic rings. The number of carbonyl (C=O) groups is 1. The number of likely N-dealkylation sites (tertiary alicyclic amines) is 1. The quantitative estimate of drug-likeness (QED) is 0.867. The maximum atomic E-state index is 13.9. The zero-order valence-corrected chi connectivity index (χ0v) is 11.8. The fourth-order valence-corrected chi connectivity index (χ4v) is 2.46. The minimum atomic E-state index is -0.850. The van der Waals surface area contributed by atoms with Gasteiger partial charge in [-0.25, -0.2) is 8.78 Å². The Bertz CT molecular complexity index is 575. The molecule has 2 rings (SSSR count). The molecule has 1 heterocycles. The van der Waals surface area contributed by atoms with Crippen molar-refractivity contribution in [3.63, 3.8) is 0 Å². The van der Waals surface area contributed by atoms with Crippen LogP contribution in [0.25, 0.3) is 0 Å². The van der Waals surface area contributed by atoms with E-state index >= 15 is 0 Å². The van der Waals surface area contributed by atoms with Gasteiger partial charge in [-0.15, -0.1) is 0 Å². The zero-order valence-electron chi connectivity index (χ0n) is 11.8. The minimum Gasteiger partial charge on any atom is -0.349 e. The van der Waals surface area contributed by atoms with E-state index in [0.717, 1.165) is 6.07 Å². The van der Waals surface area contributed by atoms with Gasteiger partial charge in [0.2, 0.25) is 0 Å². The molecule has 1 fully saturated rings. The second-order valence-corrected chi connectivity index (χ2v) is 5.24. The van der Waals surface area contributed by atoms with E-state index in [2.05, 4.69) is 11.4 Å². The van der Waals surface area contributed by atoms with Crippen molar-refractivity contribution in [2.75, 3.05) is 19.6 Å². The summed E-state index contributed by atoms with van der Waals surface area (Å²) in [5.41, 5.74) is -0.278. The van der Waals surface area contributed by atoms with Crippen LogP contribution < -0.4 is 5.32 Å². The van der Waals surface area contributed by atoms with Crippen LogP contribution in [0.15, 0.2) is 12.1 Å². The molecule has 0 aliphatic carbocycles. The first kappa shape index (κ1) is 15.4. The summed E-state index contributed by atoms with van der Waals surface area (Å²) in [7, 11) is 0. The van der Waals surface area contributed by atoms with Gasteiger partial charge in [0.1, 0.15) is 17.2 Å². The Kier molecular flexibility index (Phi) is 4.86. The molecule has 0 aromatic heterocycles. The topological polar surface area (TPSA) is 56.1 Å². The lowest BCUT2D eigenvalue weighted by Gasteiger charge is -2.30. The van der Waals surface area contributed by atoms with Gasteiger partial charge in [-0.2, -0.15) is 5.26 Å². The Hall–Kier alpha value is -2.00. The molecule has 1 aromatic carbocycles. The van der Waals surface area contributed by atoms with E-state index in [1.165, 1.54) is 13.0 Å². The van der Waals surface area contributed by atoms with Gasteiger partial charge in [0.25, 0.3) is 5.91 Å². The fraction of sp³-hybridized carbons (Fsp3) is 0.467. The van der Waals surface area contributed by atoms with Crippen molar-refractivity contribution < 1.29 is 13.6 Å². The molecular weight excluding hydrogens is 276 g/mol. The molecule has 1 amide bonds. The molecule has 0 radical (unpaired) electrons. The van der Waals surface area contributed by atoms with E-state index in [4.69, 9.17) is 5.26 Å². The van der Waals surface area contributed by atoms with Gasteiger partial charge >= 0.3 is 0 Å². The van der Waals surface area contributed by atoms with Crippen molar-refractivity contribution >= 4 is 5.91 Å². The van der Waals surface area contributed by atoms with Crippen LogP contribution in [-0.2, 0) is 0 Å². The van der Waals surface area contributed by atoms with E-state index in [0.29, 0.717) is 32.5 Å². The molecule has 0 bridgehead atoms. The second-order valence-electron chi connectivity index (χ2n) is 5.24. The Morgan fingerprint density at radius 1 is 1.43 bits per heavy atom. The van der Waals surface area contributed by atoms with Gasteiger partial charge < -0.3 is 5.32 Å². The third-order valence-corrected chi connectivity index (χ3v) is 3.73. The van der Waals surface area contributed by atoms with E-state index < -0.39 is 23.1 Å². The summed E-state index contributed by atoms with van der Waals surface area (Å²) in [5, 5.41) is 11.3. The number of hydrogen-bond donors (Lipinski definition) is 1. The largest absolute Gasteiger partial charge is 0.349 e. The van der Waals surface area contributed by atoms with Crippen LogP contribution in [0.1, 0.15) is 28.8 Å². The Labute approximate surface area is 122 Å². The number of benzene rings is 1. The van der Waals surface area contributed by atoms with Crippen molar-refractivity contribution in [1.29, 1.82) is 5.26 Å². The van der Waals surface area contributed by atoms with Gasteiger partial charge in [0.05, 0.1) is 12.6 Å². The van der Waals surface area contributed by atoms with Crippen molar-refractivity contribution in [2.45, 2.75) is 25.8 Å². The highest BCUT2D eigenvalue weighted by atomic mass is 19.1. The first-order valence-corrected chi connectivity index (χ1v) is 6.87. The highest BCUT2D eigenvalue weighted by Gasteiger charge is 2.24. The van der Waals surface area contributed by atoms with Crippen LogP contribution in [0.3, 0.4) is 0 Å². The van der Waals surface area contributed by atoms with Crippen LogP contribution in [0.5, 0.6) is 0 Å². The van der Waals surface area contributed by atoms with Gasteiger partial charge in [-0.3, -0.25) is 9.69 Å². The van der Waals surface area contributed by atoms with Crippen LogP contribution in [-0.4, -0.2) is 36.5 Å². The summed E-state index contributed by atoms with van der Waals surface area (Å²) in [6.45, 7) is 3.24. The number of halogens is 2. The smallest absolute Gasteiger partial charge is 0.257 e. The first-order chi connectivity index (χ1) is 10.0. The van der Waals surface area contributed by atoms with Crippen LogP contribution >= 0.6 is 0 Å². The number of piperidine rings is 1. The summed E-state index contributed by atoms with van der Waals surface area (Å²) >= 11 is 0. The molecule has 6 heteroatoms. The number of carbonyl (C=O) groups excluding carboxylic acids is 1.